The van der Waals surface area contributed by atoms with E-state index in [0.29, 0.717) is 6.54 Å². The fourth-order valence-electron chi connectivity index (χ4n) is 3.61. The zero-order chi connectivity index (χ0) is 19.6. The van der Waals surface area contributed by atoms with Crippen LogP contribution >= 0.6 is 0 Å². The number of rotatable bonds is 5. The van der Waals surface area contributed by atoms with Crippen molar-refractivity contribution in [3.63, 3.8) is 0 Å². The number of likely N-dealkylation sites (tertiary alicyclic amines) is 1. The minimum absolute atomic E-state index is 0.0669. The number of nitrogens with zero attached hydrogens (tertiary/aromatic N) is 1. The van der Waals surface area contributed by atoms with E-state index >= 15 is 0 Å². The highest BCUT2D eigenvalue weighted by molar-refractivity contribution is 5.95. The average Bonchev–Trinajstić information content (AvgIpc) is 3.27. The van der Waals surface area contributed by atoms with Gasteiger partial charge in [0.25, 0.3) is 5.91 Å². The molecule has 2 fully saturated rings. The van der Waals surface area contributed by atoms with Gasteiger partial charge in [-0.15, -0.1) is 0 Å². The number of nitrogens with one attached hydrogen (secondary N) is 1. The van der Waals surface area contributed by atoms with Crippen LogP contribution in [0.4, 0.5) is 14.5 Å². The number of anilines is 1. The van der Waals surface area contributed by atoms with Gasteiger partial charge in [-0.3, -0.25) is 14.4 Å². The molecule has 0 radical (unpaired) electrons. The van der Waals surface area contributed by atoms with Gasteiger partial charge >= 0.3 is 5.97 Å². The first-order valence-electron chi connectivity index (χ1n) is 9.11. The van der Waals surface area contributed by atoms with E-state index in [9.17, 15) is 23.2 Å². The summed E-state index contributed by atoms with van der Waals surface area (Å²) in [4.78, 5) is 38.3. The zero-order valence-corrected chi connectivity index (χ0v) is 15.0. The van der Waals surface area contributed by atoms with E-state index in [1.165, 1.54) is 6.92 Å². The van der Waals surface area contributed by atoms with Gasteiger partial charge in [-0.2, -0.15) is 0 Å². The number of ether oxygens (including phenoxy) is 1. The molecule has 0 spiro atoms. The first kappa shape index (κ1) is 19.3. The fraction of sp³-hybridized carbons (Fsp3) is 0.526. The minimum Gasteiger partial charge on any atom is -0.452 e. The van der Waals surface area contributed by atoms with Crippen molar-refractivity contribution in [2.75, 3.05) is 11.9 Å². The van der Waals surface area contributed by atoms with E-state index in [1.807, 2.05) is 0 Å². The van der Waals surface area contributed by atoms with E-state index in [2.05, 4.69) is 5.32 Å². The maximum absolute atomic E-state index is 13.6. The molecule has 1 saturated carbocycles. The summed E-state index contributed by atoms with van der Waals surface area (Å²) in [5.74, 6) is -3.58. The molecule has 1 N–H and O–H groups in total. The summed E-state index contributed by atoms with van der Waals surface area (Å²) in [5.41, 5.74) is -0.327. The van der Waals surface area contributed by atoms with Crippen LogP contribution in [0.25, 0.3) is 0 Å². The largest absolute Gasteiger partial charge is 0.452 e. The average molecular weight is 380 g/mol. The van der Waals surface area contributed by atoms with Gasteiger partial charge in [-0.05, 0) is 31.9 Å². The normalized spacial score (nSPS) is 21.4. The number of carbonyl (C=O) groups excluding carboxylic acids is 3. The number of amides is 2. The molecule has 27 heavy (non-hydrogen) atoms. The van der Waals surface area contributed by atoms with Gasteiger partial charge in [0.1, 0.15) is 11.6 Å². The monoisotopic (exact) mass is 380 g/mol. The van der Waals surface area contributed by atoms with E-state index in [-0.39, 0.29) is 24.1 Å². The first-order valence-corrected chi connectivity index (χ1v) is 9.11. The predicted octanol–water partition coefficient (Wildman–Crippen LogP) is 2.63. The Kier molecular flexibility index (Phi) is 5.72. The van der Waals surface area contributed by atoms with Gasteiger partial charge in [0.05, 0.1) is 11.6 Å². The summed E-state index contributed by atoms with van der Waals surface area (Å²) in [6, 6.07) is 2.86. The van der Waals surface area contributed by atoms with Crippen LogP contribution in [-0.4, -0.2) is 41.4 Å². The van der Waals surface area contributed by atoms with Gasteiger partial charge in [0.2, 0.25) is 5.91 Å². The van der Waals surface area contributed by atoms with Crippen molar-refractivity contribution in [3.05, 3.63) is 29.8 Å². The maximum atomic E-state index is 13.6. The lowest BCUT2D eigenvalue weighted by Crippen LogP contribution is -2.36. The summed E-state index contributed by atoms with van der Waals surface area (Å²) in [5, 5.41) is 2.20. The Morgan fingerprint density at radius 2 is 1.96 bits per heavy atom. The molecule has 1 saturated heterocycles. The van der Waals surface area contributed by atoms with Crippen LogP contribution in [0.3, 0.4) is 0 Å². The van der Waals surface area contributed by atoms with Gasteiger partial charge in [0.15, 0.2) is 6.10 Å². The quantitative estimate of drug-likeness (QED) is 0.797. The van der Waals surface area contributed by atoms with Crippen molar-refractivity contribution >= 4 is 23.5 Å². The summed E-state index contributed by atoms with van der Waals surface area (Å²) < 4.78 is 31.9. The molecule has 2 atom stereocenters. The first-order chi connectivity index (χ1) is 12.8. The van der Waals surface area contributed by atoms with E-state index in [4.69, 9.17) is 4.74 Å². The van der Waals surface area contributed by atoms with Crippen LogP contribution in [0.1, 0.15) is 39.0 Å². The molecule has 3 rings (SSSR count). The minimum atomic E-state index is -1.20. The van der Waals surface area contributed by atoms with Crippen molar-refractivity contribution < 1.29 is 27.9 Å². The molecule has 0 aromatic heterocycles. The smallest absolute Gasteiger partial charge is 0.312 e. The molecule has 1 aliphatic heterocycles. The van der Waals surface area contributed by atoms with Crippen LogP contribution in [0.15, 0.2) is 18.2 Å². The SMILES string of the molecule is C[C@@H](OC(=O)[C@@H]1CC(=O)N(C2CCCC2)C1)C(=O)Nc1cc(F)ccc1F. The van der Waals surface area contributed by atoms with Gasteiger partial charge in [0, 0.05) is 25.1 Å². The zero-order valence-electron chi connectivity index (χ0n) is 15.0. The number of benzene rings is 1. The predicted molar refractivity (Wildman–Crippen MR) is 92.6 cm³/mol. The highest BCUT2D eigenvalue weighted by Gasteiger charge is 2.40. The van der Waals surface area contributed by atoms with E-state index in [0.717, 1.165) is 43.9 Å². The Balaban J connectivity index is 1.54. The number of halogens is 2. The van der Waals surface area contributed by atoms with Crippen molar-refractivity contribution in [3.8, 4) is 0 Å². The maximum Gasteiger partial charge on any atom is 0.312 e. The van der Waals surface area contributed by atoms with E-state index in [1.54, 1.807) is 4.90 Å². The van der Waals surface area contributed by atoms with Crippen molar-refractivity contribution in [2.45, 2.75) is 51.2 Å². The third kappa shape index (κ3) is 4.43. The summed E-state index contributed by atoms with van der Waals surface area (Å²) in [6.07, 6.45) is 2.93. The van der Waals surface area contributed by atoms with Crippen LogP contribution < -0.4 is 5.32 Å². The number of esters is 1. The Morgan fingerprint density at radius 1 is 1.26 bits per heavy atom. The molecule has 0 unspecified atom stereocenters. The molecule has 0 bridgehead atoms. The number of carbonyl (C=O) groups is 3. The third-order valence-electron chi connectivity index (χ3n) is 5.11. The molecule has 1 aromatic carbocycles. The Hall–Kier alpha value is -2.51. The Bertz CT molecular complexity index is 749. The molecule has 1 heterocycles. The van der Waals surface area contributed by atoms with Gasteiger partial charge in [-0.25, -0.2) is 8.78 Å². The van der Waals surface area contributed by atoms with Crippen LogP contribution in [0.2, 0.25) is 0 Å². The second kappa shape index (κ2) is 8.02. The highest BCUT2D eigenvalue weighted by atomic mass is 19.1. The number of hydrogen-bond donors (Lipinski definition) is 1. The Labute approximate surface area is 155 Å². The molecular formula is C19H22F2N2O4. The standard InChI is InChI=1S/C19H22F2N2O4/c1-11(18(25)22-16-9-13(20)6-7-15(16)21)27-19(26)12-8-17(24)23(10-12)14-4-2-3-5-14/h6-7,9,11-12,14H,2-5,8,10H2,1H3,(H,22,25)/t11-,12-/m1/s1. The second-order valence-electron chi connectivity index (χ2n) is 7.08. The summed E-state index contributed by atoms with van der Waals surface area (Å²) in [6.45, 7) is 1.64. The lowest BCUT2D eigenvalue weighted by atomic mass is 10.1. The lowest BCUT2D eigenvalue weighted by molar-refractivity contribution is -0.157. The molecule has 146 valence electrons. The molecule has 2 aliphatic rings. The van der Waals surface area contributed by atoms with Crippen LogP contribution in [-0.2, 0) is 19.1 Å². The van der Waals surface area contributed by atoms with Crippen molar-refractivity contribution in [1.29, 1.82) is 0 Å². The Morgan fingerprint density at radius 3 is 2.67 bits per heavy atom. The summed E-state index contributed by atoms with van der Waals surface area (Å²) >= 11 is 0. The number of hydrogen-bond acceptors (Lipinski definition) is 4. The topological polar surface area (TPSA) is 75.7 Å². The molecule has 1 aliphatic carbocycles. The lowest BCUT2D eigenvalue weighted by Gasteiger charge is -2.24. The molecule has 8 heteroatoms. The summed E-state index contributed by atoms with van der Waals surface area (Å²) in [7, 11) is 0. The van der Waals surface area contributed by atoms with Crippen LogP contribution in [0.5, 0.6) is 0 Å². The molecule has 6 nitrogen and oxygen atoms in total. The fourth-order valence-corrected chi connectivity index (χ4v) is 3.61. The van der Waals surface area contributed by atoms with Crippen molar-refractivity contribution in [2.24, 2.45) is 5.92 Å². The molecule has 1 aromatic rings. The van der Waals surface area contributed by atoms with Crippen LogP contribution in [0, 0.1) is 17.6 Å². The van der Waals surface area contributed by atoms with Gasteiger partial charge in [-0.1, -0.05) is 12.8 Å². The molecular weight excluding hydrogens is 358 g/mol. The second-order valence-corrected chi connectivity index (χ2v) is 7.08. The third-order valence-corrected chi connectivity index (χ3v) is 5.11. The molecule has 2 amide bonds. The highest BCUT2D eigenvalue weighted by Crippen LogP contribution is 2.30. The van der Waals surface area contributed by atoms with Crippen molar-refractivity contribution in [1.82, 2.24) is 4.90 Å². The van der Waals surface area contributed by atoms with E-state index < -0.39 is 35.5 Å². The van der Waals surface area contributed by atoms with Gasteiger partial charge < -0.3 is 15.0 Å².